The number of carbonyl (C=O) groups is 1. The topological polar surface area (TPSA) is 84.1 Å². The zero-order chi connectivity index (χ0) is 22.2. The van der Waals surface area contributed by atoms with Crippen molar-refractivity contribution in [3.8, 4) is 28.6 Å². The SMILES string of the molecule is Cc1cc(C(=O)CSc2nnc(-c3ccncc3)n2C)c(C)n1-c1ccc2c(c1)OCO2. The number of carbonyl (C=O) groups excluding carboxylic acids is 1. The van der Waals surface area contributed by atoms with E-state index in [0.29, 0.717) is 16.5 Å². The molecule has 0 bridgehead atoms. The van der Waals surface area contributed by atoms with Gasteiger partial charge in [-0.25, -0.2) is 0 Å². The summed E-state index contributed by atoms with van der Waals surface area (Å²) < 4.78 is 14.9. The van der Waals surface area contributed by atoms with Gasteiger partial charge in [0.1, 0.15) is 0 Å². The van der Waals surface area contributed by atoms with E-state index in [0.717, 1.165) is 34.2 Å². The van der Waals surface area contributed by atoms with Crippen molar-refractivity contribution in [2.24, 2.45) is 7.05 Å². The van der Waals surface area contributed by atoms with Crippen LogP contribution >= 0.6 is 11.8 Å². The van der Waals surface area contributed by atoms with Gasteiger partial charge in [-0.3, -0.25) is 9.78 Å². The van der Waals surface area contributed by atoms with Gasteiger partial charge < -0.3 is 18.6 Å². The molecule has 0 saturated carbocycles. The van der Waals surface area contributed by atoms with Crippen LogP contribution in [-0.2, 0) is 7.05 Å². The van der Waals surface area contributed by atoms with Gasteiger partial charge in [0.05, 0.1) is 5.75 Å². The number of aromatic nitrogens is 5. The summed E-state index contributed by atoms with van der Waals surface area (Å²) in [6, 6.07) is 11.5. The molecule has 0 spiro atoms. The Balaban J connectivity index is 1.35. The molecular formula is C23H21N5O3S. The van der Waals surface area contributed by atoms with Crippen molar-refractivity contribution in [2.75, 3.05) is 12.5 Å². The molecule has 1 aromatic carbocycles. The van der Waals surface area contributed by atoms with E-state index in [4.69, 9.17) is 9.47 Å². The third-order valence-corrected chi connectivity index (χ3v) is 6.47. The second kappa shape index (κ2) is 8.16. The average Bonchev–Trinajstić information content (AvgIpc) is 3.49. The van der Waals surface area contributed by atoms with Gasteiger partial charge >= 0.3 is 0 Å². The van der Waals surface area contributed by atoms with Crippen LogP contribution in [0.25, 0.3) is 17.1 Å². The van der Waals surface area contributed by atoms with Gasteiger partial charge in [-0.1, -0.05) is 11.8 Å². The predicted molar refractivity (Wildman–Crippen MR) is 121 cm³/mol. The molecule has 9 heteroatoms. The molecule has 0 aliphatic carbocycles. The van der Waals surface area contributed by atoms with E-state index in [-0.39, 0.29) is 18.3 Å². The van der Waals surface area contributed by atoms with E-state index in [2.05, 4.69) is 19.7 Å². The predicted octanol–water partition coefficient (Wildman–Crippen LogP) is 3.99. The van der Waals surface area contributed by atoms with Gasteiger partial charge in [-0.2, -0.15) is 0 Å². The molecule has 0 atom stereocenters. The number of benzene rings is 1. The van der Waals surface area contributed by atoms with Crippen LogP contribution in [0.3, 0.4) is 0 Å². The molecule has 4 aromatic rings. The van der Waals surface area contributed by atoms with Gasteiger partial charge in [0.2, 0.25) is 6.79 Å². The molecule has 0 radical (unpaired) electrons. The lowest BCUT2D eigenvalue weighted by Gasteiger charge is -2.10. The number of nitrogens with zero attached hydrogens (tertiary/aromatic N) is 5. The summed E-state index contributed by atoms with van der Waals surface area (Å²) in [4.78, 5) is 17.1. The van der Waals surface area contributed by atoms with E-state index in [1.54, 1.807) is 12.4 Å². The number of pyridine rings is 1. The Kier molecular flexibility index (Phi) is 5.18. The molecule has 0 N–H and O–H groups in total. The first-order valence-corrected chi connectivity index (χ1v) is 11.1. The van der Waals surface area contributed by atoms with E-state index < -0.39 is 0 Å². The highest BCUT2D eigenvalue weighted by Gasteiger charge is 2.20. The molecule has 0 unspecified atom stereocenters. The summed E-state index contributed by atoms with van der Waals surface area (Å²) in [5.41, 5.74) is 4.44. The number of thioether (sulfide) groups is 1. The zero-order valence-corrected chi connectivity index (χ0v) is 18.7. The van der Waals surface area contributed by atoms with Gasteiger partial charge in [0, 0.05) is 53.7 Å². The van der Waals surface area contributed by atoms with Crippen molar-refractivity contribution in [2.45, 2.75) is 19.0 Å². The van der Waals surface area contributed by atoms with Crippen LogP contribution in [0.2, 0.25) is 0 Å². The molecular weight excluding hydrogens is 426 g/mol. The lowest BCUT2D eigenvalue weighted by Crippen LogP contribution is -2.06. The van der Waals surface area contributed by atoms with Gasteiger partial charge in [-0.05, 0) is 44.2 Å². The van der Waals surface area contributed by atoms with E-state index in [1.807, 2.05) is 61.9 Å². The Morgan fingerprint density at radius 2 is 1.84 bits per heavy atom. The average molecular weight is 448 g/mol. The molecule has 0 saturated heterocycles. The Morgan fingerprint density at radius 1 is 1.06 bits per heavy atom. The normalized spacial score (nSPS) is 12.3. The third kappa shape index (κ3) is 3.54. The monoisotopic (exact) mass is 447 g/mol. The summed E-state index contributed by atoms with van der Waals surface area (Å²) in [6.45, 7) is 4.18. The highest BCUT2D eigenvalue weighted by Crippen LogP contribution is 2.35. The Bertz CT molecular complexity index is 1310. The maximum absolute atomic E-state index is 13.1. The van der Waals surface area contributed by atoms with Crippen LogP contribution in [-0.4, -0.2) is 42.6 Å². The zero-order valence-electron chi connectivity index (χ0n) is 17.9. The number of ether oxygens (including phenoxy) is 2. The molecule has 0 fully saturated rings. The first-order chi connectivity index (χ1) is 15.5. The van der Waals surface area contributed by atoms with Crippen LogP contribution < -0.4 is 9.47 Å². The summed E-state index contributed by atoms with van der Waals surface area (Å²) >= 11 is 1.38. The molecule has 8 nitrogen and oxygen atoms in total. The quantitative estimate of drug-likeness (QED) is 0.326. The summed E-state index contributed by atoms with van der Waals surface area (Å²) in [5, 5.41) is 9.21. The molecule has 5 rings (SSSR count). The fourth-order valence-corrected chi connectivity index (χ4v) is 4.66. The minimum atomic E-state index is 0.0450. The Morgan fingerprint density at radius 3 is 2.66 bits per heavy atom. The van der Waals surface area contributed by atoms with Crippen molar-refractivity contribution >= 4 is 17.5 Å². The van der Waals surface area contributed by atoms with Gasteiger partial charge in [0.15, 0.2) is 28.3 Å². The highest BCUT2D eigenvalue weighted by atomic mass is 32.2. The molecule has 162 valence electrons. The summed E-state index contributed by atoms with van der Waals surface area (Å²) in [7, 11) is 1.90. The second-order valence-electron chi connectivity index (χ2n) is 7.47. The van der Waals surface area contributed by atoms with Crippen molar-refractivity contribution in [1.82, 2.24) is 24.3 Å². The van der Waals surface area contributed by atoms with Crippen molar-refractivity contribution < 1.29 is 14.3 Å². The summed E-state index contributed by atoms with van der Waals surface area (Å²) in [6.07, 6.45) is 3.44. The minimum absolute atomic E-state index is 0.0450. The maximum atomic E-state index is 13.1. The number of fused-ring (bicyclic) bond motifs is 1. The van der Waals surface area contributed by atoms with Crippen molar-refractivity contribution in [1.29, 1.82) is 0 Å². The Labute approximate surface area is 189 Å². The number of rotatable bonds is 6. The number of hydrogen-bond donors (Lipinski definition) is 0. The van der Waals surface area contributed by atoms with E-state index in [9.17, 15) is 4.79 Å². The number of hydrogen-bond acceptors (Lipinski definition) is 7. The number of ketones is 1. The van der Waals surface area contributed by atoms with Crippen molar-refractivity contribution in [3.05, 3.63) is 65.7 Å². The molecule has 32 heavy (non-hydrogen) atoms. The highest BCUT2D eigenvalue weighted by molar-refractivity contribution is 7.99. The molecule has 1 aliphatic heterocycles. The number of Topliss-reactive ketones (excluding diaryl/α,β-unsaturated/α-hetero) is 1. The van der Waals surface area contributed by atoms with Gasteiger partial charge in [0.25, 0.3) is 0 Å². The van der Waals surface area contributed by atoms with Gasteiger partial charge in [-0.15, -0.1) is 10.2 Å². The van der Waals surface area contributed by atoms with E-state index >= 15 is 0 Å². The fourth-order valence-electron chi connectivity index (χ4n) is 3.87. The first kappa shape index (κ1) is 20.3. The smallest absolute Gasteiger partial charge is 0.231 e. The largest absolute Gasteiger partial charge is 0.454 e. The molecule has 3 aromatic heterocycles. The molecule has 1 aliphatic rings. The van der Waals surface area contributed by atoms with Crippen LogP contribution in [0.15, 0.2) is 53.9 Å². The standard InChI is InChI=1S/C23H21N5O3S/c1-14-10-18(15(2)28(14)17-4-5-20-21(11-17)31-13-30-20)19(29)12-32-23-26-25-22(27(23)3)16-6-8-24-9-7-16/h4-11H,12-13H2,1-3H3. The lowest BCUT2D eigenvalue weighted by molar-refractivity contribution is 0.102. The molecule has 4 heterocycles. The van der Waals surface area contributed by atoms with Crippen LogP contribution in [0.4, 0.5) is 0 Å². The third-order valence-electron chi connectivity index (χ3n) is 5.45. The van der Waals surface area contributed by atoms with Crippen molar-refractivity contribution in [3.63, 3.8) is 0 Å². The Hall–Kier alpha value is -3.59. The van der Waals surface area contributed by atoms with Crippen LogP contribution in [0, 0.1) is 13.8 Å². The maximum Gasteiger partial charge on any atom is 0.231 e. The lowest BCUT2D eigenvalue weighted by atomic mass is 10.2. The minimum Gasteiger partial charge on any atom is -0.454 e. The van der Waals surface area contributed by atoms with Crippen LogP contribution in [0.1, 0.15) is 21.7 Å². The van der Waals surface area contributed by atoms with E-state index in [1.165, 1.54) is 11.8 Å². The molecule has 0 amide bonds. The number of aryl methyl sites for hydroxylation is 1. The fraction of sp³-hybridized carbons (Fsp3) is 0.217. The summed E-state index contributed by atoms with van der Waals surface area (Å²) in [5.74, 6) is 2.50. The second-order valence-corrected chi connectivity index (χ2v) is 8.41. The first-order valence-electron chi connectivity index (χ1n) is 10.1. The van der Waals surface area contributed by atoms with Crippen LogP contribution in [0.5, 0.6) is 11.5 Å².